The first-order valence-corrected chi connectivity index (χ1v) is 13.7. The summed E-state index contributed by atoms with van der Waals surface area (Å²) in [5, 5.41) is 3.05. The molecule has 2 saturated heterocycles. The second kappa shape index (κ2) is 9.23. The molecular formula is C25H28F2N4O3S. The highest BCUT2D eigenvalue weighted by Crippen LogP contribution is 2.38. The van der Waals surface area contributed by atoms with Gasteiger partial charge in [0.25, 0.3) is 5.91 Å². The van der Waals surface area contributed by atoms with E-state index >= 15 is 0 Å². The number of pyridine rings is 1. The monoisotopic (exact) mass is 502 g/mol. The van der Waals surface area contributed by atoms with Crippen LogP contribution in [0.4, 0.5) is 14.6 Å². The lowest BCUT2D eigenvalue weighted by molar-refractivity contribution is 0.0918. The van der Waals surface area contributed by atoms with Crippen LogP contribution in [0.1, 0.15) is 47.8 Å². The van der Waals surface area contributed by atoms with Gasteiger partial charge in [0.05, 0.1) is 12.3 Å². The number of piperidine rings is 1. The summed E-state index contributed by atoms with van der Waals surface area (Å²) in [7, 11) is -3.24. The first kappa shape index (κ1) is 23.7. The molecule has 0 bridgehead atoms. The third kappa shape index (κ3) is 4.64. The lowest BCUT2D eigenvalue weighted by atomic mass is 10.0. The number of sulfonamides is 1. The van der Waals surface area contributed by atoms with Gasteiger partial charge in [0.1, 0.15) is 23.1 Å². The zero-order valence-corrected chi connectivity index (χ0v) is 20.3. The number of aromatic nitrogens is 1. The van der Waals surface area contributed by atoms with E-state index in [1.54, 1.807) is 6.07 Å². The molecule has 1 atom stereocenters. The highest BCUT2D eigenvalue weighted by Gasteiger charge is 2.31. The van der Waals surface area contributed by atoms with Crippen molar-refractivity contribution in [2.75, 3.05) is 30.8 Å². The van der Waals surface area contributed by atoms with Crippen LogP contribution in [0.3, 0.4) is 0 Å². The number of fused-ring (bicyclic) bond motifs is 1. The first-order valence-electron chi connectivity index (χ1n) is 11.8. The van der Waals surface area contributed by atoms with Crippen molar-refractivity contribution in [1.82, 2.24) is 14.0 Å². The van der Waals surface area contributed by atoms with Gasteiger partial charge in [-0.2, -0.15) is 0 Å². The van der Waals surface area contributed by atoms with Gasteiger partial charge in [-0.05, 0) is 68.1 Å². The Morgan fingerprint density at radius 2 is 1.77 bits per heavy atom. The minimum Gasteiger partial charge on any atom is -0.351 e. The number of carbonyl (C=O) groups excluding carboxylic acids is 1. The van der Waals surface area contributed by atoms with Gasteiger partial charge in [-0.1, -0.05) is 6.07 Å². The van der Waals surface area contributed by atoms with Crippen LogP contribution in [-0.4, -0.2) is 55.0 Å². The summed E-state index contributed by atoms with van der Waals surface area (Å²) in [6, 6.07) is 12.4. The fourth-order valence-corrected chi connectivity index (χ4v) is 6.15. The Bertz CT molecular complexity index is 1370. The number of carbonyl (C=O) groups is 1. The van der Waals surface area contributed by atoms with E-state index in [2.05, 4.69) is 5.32 Å². The molecule has 35 heavy (non-hydrogen) atoms. The van der Waals surface area contributed by atoms with E-state index in [1.165, 1.54) is 16.6 Å². The number of amides is 1. The van der Waals surface area contributed by atoms with Gasteiger partial charge in [-0.3, -0.25) is 9.20 Å². The summed E-state index contributed by atoms with van der Waals surface area (Å²) in [5.74, 6) is -0.422. The summed E-state index contributed by atoms with van der Waals surface area (Å²) in [6.07, 6.45) is 3.78. The molecule has 0 radical (unpaired) electrons. The fourth-order valence-electron chi connectivity index (χ4n) is 5.27. The van der Waals surface area contributed by atoms with Crippen molar-refractivity contribution in [3.8, 4) is 0 Å². The molecule has 2 aliphatic rings. The Morgan fingerprint density at radius 1 is 1.00 bits per heavy atom. The summed E-state index contributed by atoms with van der Waals surface area (Å²) in [5.41, 5.74) is 1.59. The zero-order valence-electron chi connectivity index (χ0n) is 19.5. The number of halogens is 2. The van der Waals surface area contributed by atoms with Gasteiger partial charge < -0.3 is 10.2 Å². The lowest BCUT2D eigenvalue weighted by Gasteiger charge is -2.31. The van der Waals surface area contributed by atoms with E-state index in [9.17, 15) is 22.0 Å². The average Bonchev–Trinajstić information content (AvgIpc) is 3.48. The molecule has 1 amide bonds. The smallest absolute Gasteiger partial charge is 0.268 e. The molecule has 0 aliphatic carbocycles. The number of nitrogens with one attached hydrogen (secondary N) is 1. The molecule has 1 N–H and O–H groups in total. The zero-order chi connectivity index (χ0) is 24.7. The van der Waals surface area contributed by atoms with Crippen LogP contribution in [0.5, 0.6) is 0 Å². The van der Waals surface area contributed by atoms with Crippen LogP contribution >= 0.6 is 0 Å². The Morgan fingerprint density at radius 3 is 2.51 bits per heavy atom. The topological polar surface area (TPSA) is 74.1 Å². The highest BCUT2D eigenvalue weighted by atomic mass is 32.2. The van der Waals surface area contributed by atoms with E-state index in [0.717, 1.165) is 29.9 Å². The maximum absolute atomic E-state index is 14.6. The Hall–Kier alpha value is -2.98. The van der Waals surface area contributed by atoms with Crippen molar-refractivity contribution in [2.24, 2.45) is 0 Å². The van der Waals surface area contributed by atoms with E-state index < -0.39 is 21.7 Å². The molecule has 186 valence electrons. The minimum atomic E-state index is -3.24. The van der Waals surface area contributed by atoms with Gasteiger partial charge >= 0.3 is 0 Å². The van der Waals surface area contributed by atoms with Crippen molar-refractivity contribution in [1.29, 1.82) is 0 Å². The maximum atomic E-state index is 14.6. The van der Waals surface area contributed by atoms with Crippen LogP contribution in [-0.2, 0) is 10.0 Å². The normalized spacial score (nSPS) is 20.0. The number of rotatable bonds is 5. The predicted octanol–water partition coefficient (Wildman–Crippen LogP) is 3.71. The van der Waals surface area contributed by atoms with Crippen molar-refractivity contribution in [2.45, 2.75) is 37.8 Å². The second-order valence-electron chi connectivity index (χ2n) is 9.29. The van der Waals surface area contributed by atoms with Gasteiger partial charge in [-0.25, -0.2) is 21.5 Å². The number of nitrogens with zero attached hydrogens (tertiary/aromatic N) is 3. The van der Waals surface area contributed by atoms with Crippen molar-refractivity contribution >= 4 is 27.3 Å². The number of benzene rings is 1. The molecule has 4 heterocycles. The van der Waals surface area contributed by atoms with Crippen LogP contribution in [0.15, 0.2) is 48.5 Å². The molecule has 0 saturated carbocycles. The summed E-state index contributed by atoms with van der Waals surface area (Å²) >= 11 is 0. The van der Waals surface area contributed by atoms with Crippen molar-refractivity contribution < 1.29 is 22.0 Å². The number of anilines is 1. The third-order valence-electron chi connectivity index (χ3n) is 7.01. The average molecular weight is 503 g/mol. The summed E-state index contributed by atoms with van der Waals surface area (Å²) in [4.78, 5) is 15.3. The van der Waals surface area contributed by atoms with Crippen LogP contribution < -0.4 is 10.2 Å². The summed E-state index contributed by atoms with van der Waals surface area (Å²) < 4.78 is 55.4. The molecule has 1 aromatic carbocycles. The minimum absolute atomic E-state index is 0.126. The van der Waals surface area contributed by atoms with E-state index in [1.807, 2.05) is 33.6 Å². The molecule has 3 aromatic rings. The van der Waals surface area contributed by atoms with E-state index in [-0.39, 0.29) is 18.0 Å². The van der Waals surface area contributed by atoms with Crippen LogP contribution in [0, 0.1) is 11.6 Å². The quantitative estimate of drug-likeness (QED) is 0.577. The molecule has 5 rings (SSSR count). The Labute approximate surface area is 203 Å². The predicted molar refractivity (Wildman–Crippen MR) is 130 cm³/mol. The first-order chi connectivity index (χ1) is 16.7. The van der Waals surface area contributed by atoms with Gasteiger partial charge in [0.2, 0.25) is 10.0 Å². The van der Waals surface area contributed by atoms with Gasteiger partial charge in [-0.15, -0.1) is 0 Å². The lowest BCUT2D eigenvalue weighted by Crippen LogP contribution is -2.46. The second-order valence-corrected chi connectivity index (χ2v) is 11.3. The van der Waals surface area contributed by atoms with Gasteiger partial charge in [0.15, 0.2) is 0 Å². The molecule has 7 nitrogen and oxygen atoms in total. The highest BCUT2D eigenvalue weighted by molar-refractivity contribution is 7.88. The Kier molecular flexibility index (Phi) is 6.27. The molecule has 2 aromatic heterocycles. The van der Waals surface area contributed by atoms with Crippen LogP contribution in [0.2, 0.25) is 0 Å². The SMILES string of the molecule is CS(=O)(=O)N1CCC(NC(=O)c2ccc3cccc(N4CCCC4c4cc(F)ccc4F)n23)CC1. The molecular weight excluding hydrogens is 474 g/mol. The third-order valence-corrected chi connectivity index (χ3v) is 8.31. The molecule has 1 unspecified atom stereocenters. The number of hydrogen-bond donors (Lipinski definition) is 1. The number of hydrogen-bond acceptors (Lipinski definition) is 4. The van der Waals surface area contributed by atoms with Crippen molar-refractivity contribution in [3.63, 3.8) is 0 Å². The maximum Gasteiger partial charge on any atom is 0.268 e. The summed E-state index contributed by atoms with van der Waals surface area (Å²) in [6.45, 7) is 1.40. The van der Waals surface area contributed by atoms with E-state index in [4.69, 9.17) is 0 Å². The van der Waals surface area contributed by atoms with Gasteiger partial charge in [0, 0.05) is 36.8 Å². The fraction of sp³-hybridized carbons (Fsp3) is 0.400. The molecule has 0 spiro atoms. The molecule has 2 fully saturated rings. The van der Waals surface area contributed by atoms with Crippen molar-refractivity contribution in [3.05, 3.63) is 71.4 Å². The Balaban J connectivity index is 1.42. The largest absolute Gasteiger partial charge is 0.351 e. The standard InChI is InChI=1S/C25H28F2N4O3S/c1-35(33,34)29-14-11-18(12-15-29)28-25(32)23-10-8-19-4-2-6-24(31(19)23)30-13-3-5-22(30)20-16-17(26)7-9-21(20)27/h2,4,6-10,16,18,22H,3,5,11-15H2,1H3,(H,28,32). The molecule has 2 aliphatic heterocycles. The molecule has 10 heteroatoms. The van der Waals surface area contributed by atoms with E-state index in [0.29, 0.717) is 50.2 Å². The van der Waals surface area contributed by atoms with Crippen LogP contribution in [0.25, 0.3) is 5.52 Å².